The molecule has 0 fully saturated rings. The maximum Gasteiger partial charge on any atom is 0.127 e. The van der Waals surface area contributed by atoms with E-state index in [1.165, 1.54) is 22.3 Å². The third-order valence-electron chi connectivity index (χ3n) is 4.20. The SMILES string of the molecule is COc1ccc(Oc2ccc(Cc3ccc(C)c(C)c3)cc2)cc1. The molecular formula is C22H22O2. The molecule has 0 saturated heterocycles. The second kappa shape index (κ2) is 7.22. The standard InChI is InChI=1S/C22H22O2/c1-16-4-5-19(14-17(16)2)15-18-6-8-21(9-7-18)24-22-12-10-20(23-3)11-13-22/h4-14H,15H2,1-3H3. The van der Waals surface area contributed by atoms with E-state index >= 15 is 0 Å². The van der Waals surface area contributed by atoms with Crippen LogP contribution < -0.4 is 9.47 Å². The zero-order valence-electron chi connectivity index (χ0n) is 14.4. The quantitative estimate of drug-likeness (QED) is 0.601. The molecule has 3 aromatic rings. The molecule has 0 amide bonds. The van der Waals surface area contributed by atoms with Crippen molar-refractivity contribution < 1.29 is 9.47 Å². The van der Waals surface area contributed by atoms with Gasteiger partial charge < -0.3 is 9.47 Å². The molecule has 0 unspecified atom stereocenters. The van der Waals surface area contributed by atoms with E-state index in [1.807, 2.05) is 36.4 Å². The van der Waals surface area contributed by atoms with E-state index in [-0.39, 0.29) is 0 Å². The summed E-state index contributed by atoms with van der Waals surface area (Å²) in [5.74, 6) is 2.47. The zero-order valence-corrected chi connectivity index (χ0v) is 14.4. The first kappa shape index (κ1) is 16.1. The summed E-state index contributed by atoms with van der Waals surface area (Å²) in [6.07, 6.45) is 0.934. The smallest absolute Gasteiger partial charge is 0.127 e. The summed E-state index contributed by atoms with van der Waals surface area (Å²) in [6.45, 7) is 4.30. The number of ether oxygens (including phenoxy) is 2. The minimum absolute atomic E-state index is 0.803. The predicted molar refractivity (Wildman–Crippen MR) is 98.2 cm³/mol. The lowest BCUT2D eigenvalue weighted by Crippen LogP contribution is -1.91. The van der Waals surface area contributed by atoms with Crippen LogP contribution >= 0.6 is 0 Å². The third kappa shape index (κ3) is 3.96. The number of aryl methyl sites for hydroxylation is 2. The Balaban J connectivity index is 1.67. The molecule has 0 aliphatic rings. The van der Waals surface area contributed by atoms with Crippen molar-refractivity contribution in [3.8, 4) is 17.2 Å². The van der Waals surface area contributed by atoms with Crippen molar-refractivity contribution in [3.05, 3.63) is 89.0 Å². The summed E-state index contributed by atoms with van der Waals surface area (Å²) >= 11 is 0. The lowest BCUT2D eigenvalue weighted by Gasteiger charge is -2.09. The minimum atomic E-state index is 0.803. The Labute approximate surface area is 143 Å². The maximum absolute atomic E-state index is 5.86. The van der Waals surface area contributed by atoms with Gasteiger partial charge in [-0.1, -0.05) is 30.3 Å². The van der Waals surface area contributed by atoms with Crippen molar-refractivity contribution in [1.29, 1.82) is 0 Å². The Morgan fingerprint density at radius 1 is 0.625 bits per heavy atom. The summed E-state index contributed by atoms with van der Waals surface area (Å²) in [5, 5.41) is 0. The van der Waals surface area contributed by atoms with Gasteiger partial charge in [-0.3, -0.25) is 0 Å². The highest BCUT2D eigenvalue weighted by atomic mass is 16.5. The number of hydrogen-bond donors (Lipinski definition) is 0. The van der Waals surface area contributed by atoms with Gasteiger partial charge in [0.05, 0.1) is 7.11 Å². The van der Waals surface area contributed by atoms with Gasteiger partial charge in [-0.25, -0.2) is 0 Å². The van der Waals surface area contributed by atoms with Gasteiger partial charge in [0.25, 0.3) is 0 Å². The summed E-state index contributed by atoms with van der Waals surface area (Å²) < 4.78 is 11.0. The van der Waals surface area contributed by atoms with Crippen molar-refractivity contribution in [2.24, 2.45) is 0 Å². The normalized spacial score (nSPS) is 10.5. The zero-order chi connectivity index (χ0) is 16.9. The summed E-state index contributed by atoms with van der Waals surface area (Å²) in [5.41, 5.74) is 5.29. The van der Waals surface area contributed by atoms with E-state index in [0.717, 1.165) is 23.7 Å². The maximum atomic E-state index is 5.86. The van der Waals surface area contributed by atoms with Gasteiger partial charge in [0.1, 0.15) is 17.2 Å². The highest BCUT2D eigenvalue weighted by molar-refractivity contribution is 5.38. The van der Waals surface area contributed by atoms with Crippen LogP contribution in [-0.4, -0.2) is 7.11 Å². The van der Waals surface area contributed by atoms with Gasteiger partial charge in [-0.15, -0.1) is 0 Å². The first-order chi connectivity index (χ1) is 11.6. The van der Waals surface area contributed by atoms with E-state index in [4.69, 9.17) is 9.47 Å². The van der Waals surface area contributed by atoms with Crippen molar-refractivity contribution in [3.63, 3.8) is 0 Å². The van der Waals surface area contributed by atoms with Gasteiger partial charge in [-0.2, -0.15) is 0 Å². The molecule has 0 heterocycles. The van der Waals surface area contributed by atoms with Crippen LogP contribution in [-0.2, 0) is 6.42 Å². The molecule has 0 radical (unpaired) electrons. The first-order valence-electron chi connectivity index (χ1n) is 8.11. The van der Waals surface area contributed by atoms with E-state index in [2.05, 4.69) is 44.2 Å². The fourth-order valence-corrected chi connectivity index (χ4v) is 2.60. The number of methoxy groups -OCH3 is 1. The molecule has 0 N–H and O–H groups in total. The summed E-state index contributed by atoms with van der Waals surface area (Å²) in [7, 11) is 1.66. The minimum Gasteiger partial charge on any atom is -0.497 e. The topological polar surface area (TPSA) is 18.5 Å². The van der Waals surface area contributed by atoms with Crippen LogP contribution in [0.5, 0.6) is 17.2 Å². The monoisotopic (exact) mass is 318 g/mol. The fourth-order valence-electron chi connectivity index (χ4n) is 2.60. The van der Waals surface area contributed by atoms with Crippen LogP contribution in [0.25, 0.3) is 0 Å². The first-order valence-corrected chi connectivity index (χ1v) is 8.11. The average Bonchev–Trinajstić information content (AvgIpc) is 2.61. The predicted octanol–water partition coefficient (Wildman–Crippen LogP) is 5.70. The second-order valence-corrected chi connectivity index (χ2v) is 6.02. The van der Waals surface area contributed by atoms with Crippen molar-refractivity contribution >= 4 is 0 Å². The Morgan fingerprint density at radius 2 is 1.17 bits per heavy atom. The molecule has 2 nitrogen and oxygen atoms in total. The molecule has 3 aromatic carbocycles. The van der Waals surface area contributed by atoms with Gasteiger partial charge >= 0.3 is 0 Å². The molecule has 0 bridgehead atoms. The van der Waals surface area contributed by atoms with Crippen LogP contribution in [0.3, 0.4) is 0 Å². The Morgan fingerprint density at radius 3 is 1.75 bits per heavy atom. The van der Waals surface area contributed by atoms with E-state index in [0.29, 0.717) is 0 Å². The molecular weight excluding hydrogens is 296 g/mol. The lowest BCUT2D eigenvalue weighted by molar-refractivity contribution is 0.413. The molecule has 3 rings (SSSR count). The number of hydrogen-bond acceptors (Lipinski definition) is 2. The number of rotatable bonds is 5. The average molecular weight is 318 g/mol. The largest absolute Gasteiger partial charge is 0.497 e. The summed E-state index contributed by atoms with van der Waals surface area (Å²) in [4.78, 5) is 0. The third-order valence-corrected chi connectivity index (χ3v) is 4.20. The van der Waals surface area contributed by atoms with Crippen LogP contribution in [0.2, 0.25) is 0 Å². The Hall–Kier alpha value is -2.74. The Kier molecular flexibility index (Phi) is 4.85. The number of benzene rings is 3. The fraction of sp³-hybridized carbons (Fsp3) is 0.182. The van der Waals surface area contributed by atoms with Gasteiger partial charge in [-0.05, 0) is 78.9 Å². The van der Waals surface area contributed by atoms with Crippen molar-refractivity contribution in [2.75, 3.05) is 7.11 Å². The van der Waals surface area contributed by atoms with E-state index in [1.54, 1.807) is 7.11 Å². The van der Waals surface area contributed by atoms with Crippen LogP contribution in [0.1, 0.15) is 22.3 Å². The van der Waals surface area contributed by atoms with E-state index < -0.39 is 0 Å². The Bertz CT molecular complexity index is 802. The van der Waals surface area contributed by atoms with Gasteiger partial charge in [0, 0.05) is 0 Å². The lowest BCUT2D eigenvalue weighted by atomic mass is 10.0. The van der Waals surface area contributed by atoms with Crippen molar-refractivity contribution in [1.82, 2.24) is 0 Å². The molecule has 0 aromatic heterocycles. The second-order valence-electron chi connectivity index (χ2n) is 6.02. The van der Waals surface area contributed by atoms with Gasteiger partial charge in [0.15, 0.2) is 0 Å². The highest BCUT2D eigenvalue weighted by Crippen LogP contribution is 2.24. The van der Waals surface area contributed by atoms with Crippen LogP contribution in [0.15, 0.2) is 66.7 Å². The van der Waals surface area contributed by atoms with Crippen LogP contribution in [0, 0.1) is 13.8 Å². The van der Waals surface area contributed by atoms with Crippen molar-refractivity contribution in [2.45, 2.75) is 20.3 Å². The summed E-state index contributed by atoms with van der Waals surface area (Å²) in [6, 6.07) is 22.5. The molecule has 0 aliphatic heterocycles. The van der Waals surface area contributed by atoms with Gasteiger partial charge in [0.2, 0.25) is 0 Å². The molecule has 0 saturated carbocycles. The molecule has 2 heteroatoms. The molecule has 0 aliphatic carbocycles. The van der Waals surface area contributed by atoms with Crippen LogP contribution in [0.4, 0.5) is 0 Å². The van der Waals surface area contributed by atoms with E-state index in [9.17, 15) is 0 Å². The molecule has 0 atom stereocenters. The molecule has 122 valence electrons. The molecule has 0 spiro atoms. The highest BCUT2D eigenvalue weighted by Gasteiger charge is 2.01. The molecule has 24 heavy (non-hydrogen) atoms.